The molecule has 0 aliphatic heterocycles. The Kier molecular flexibility index (Phi) is 4.43. The summed E-state index contributed by atoms with van der Waals surface area (Å²) in [5.74, 6) is 0. The lowest BCUT2D eigenvalue weighted by atomic mass is 10.1. The van der Waals surface area contributed by atoms with Crippen molar-refractivity contribution in [2.24, 2.45) is 0 Å². The molecule has 1 aliphatic rings. The lowest BCUT2D eigenvalue weighted by molar-refractivity contribution is 0.212. The highest BCUT2D eigenvalue weighted by atomic mass is 16.2. The van der Waals surface area contributed by atoms with Crippen LogP contribution in [0.2, 0.25) is 0 Å². The minimum atomic E-state index is 0.0132. The number of amides is 2. The average Bonchev–Trinajstić information content (AvgIpc) is 3.23. The quantitative estimate of drug-likeness (QED) is 0.856. The van der Waals surface area contributed by atoms with Crippen molar-refractivity contribution in [3.05, 3.63) is 29.8 Å². The normalized spacial score (nSPS) is 15.9. The molecule has 19 heavy (non-hydrogen) atoms. The van der Waals surface area contributed by atoms with Gasteiger partial charge in [-0.3, -0.25) is 0 Å². The smallest absolute Gasteiger partial charge is 0.322 e. The minimum Gasteiger partial charge on any atom is -0.322 e. The molecule has 0 saturated heterocycles. The van der Waals surface area contributed by atoms with Crippen LogP contribution in [0.25, 0.3) is 0 Å². The van der Waals surface area contributed by atoms with Crippen molar-refractivity contribution in [3.8, 4) is 0 Å². The van der Waals surface area contributed by atoms with Gasteiger partial charge in [-0.2, -0.15) is 0 Å². The summed E-state index contributed by atoms with van der Waals surface area (Å²) >= 11 is 0. The molecular formula is C15H23N3O. The van der Waals surface area contributed by atoms with Gasteiger partial charge in [-0.1, -0.05) is 12.1 Å². The number of anilines is 1. The molecule has 1 unspecified atom stereocenters. The van der Waals surface area contributed by atoms with Gasteiger partial charge in [0.05, 0.1) is 0 Å². The molecule has 0 bridgehead atoms. The second kappa shape index (κ2) is 6.06. The highest BCUT2D eigenvalue weighted by Gasteiger charge is 2.31. The van der Waals surface area contributed by atoms with E-state index in [1.165, 1.54) is 5.56 Å². The molecule has 1 atom stereocenters. The van der Waals surface area contributed by atoms with E-state index in [4.69, 9.17) is 0 Å². The Morgan fingerprint density at radius 1 is 1.47 bits per heavy atom. The van der Waals surface area contributed by atoms with Crippen LogP contribution in [0.15, 0.2) is 24.3 Å². The van der Waals surface area contributed by atoms with Gasteiger partial charge in [-0.15, -0.1) is 0 Å². The maximum atomic E-state index is 12.2. The average molecular weight is 261 g/mol. The highest BCUT2D eigenvalue weighted by molar-refractivity contribution is 5.89. The van der Waals surface area contributed by atoms with Gasteiger partial charge in [0.25, 0.3) is 0 Å². The molecule has 1 aromatic carbocycles. The molecule has 2 N–H and O–H groups in total. The Morgan fingerprint density at radius 3 is 2.79 bits per heavy atom. The van der Waals surface area contributed by atoms with Gasteiger partial charge in [-0.25, -0.2) is 4.79 Å². The van der Waals surface area contributed by atoms with E-state index < -0.39 is 0 Å². The van der Waals surface area contributed by atoms with E-state index >= 15 is 0 Å². The fraction of sp³-hybridized carbons (Fsp3) is 0.533. The van der Waals surface area contributed by atoms with Crippen LogP contribution in [-0.2, 0) is 0 Å². The standard InChI is InChI=1S/C15H23N3O/c1-4-18(14-8-9-14)15(19)17-13-7-5-6-12(10-13)11(2)16-3/h5-7,10-11,14,16H,4,8-9H2,1-3H3,(H,17,19). The van der Waals surface area contributed by atoms with Crippen LogP contribution in [0.5, 0.6) is 0 Å². The van der Waals surface area contributed by atoms with E-state index in [0.29, 0.717) is 6.04 Å². The Balaban J connectivity index is 2.03. The summed E-state index contributed by atoms with van der Waals surface area (Å²) in [6, 6.07) is 8.75. The molecule has 4 nitrogen and oxygen atoms in total. The first-order valence-electron chi connectivity index (χ1n) is 7.00. The van der Waals surface area contributed by atoms with Crippen molar-refractivity contribution >= 4 is 11.7 Å². The van der Waals surface area contributed by atoms with Gasteiger partial charge in [0.1, 0.15) is 0 Å². The van der Waals surface area contributed by atoms with Crippen LogP contribution < -0.4 is 10.6 Å². The van der Waals surface area contributed by atoms with Crippen molar-refractivity contribution in [3.63, 3.8) is 0 Å². The van der Waals surface area contributed by atoms with Gasteiger partial charge < -0.3 is 15.5 Å². The van der Waals surface area contributed by atoms with Crippen molar-refractivity contribution in [1.82, 2.24) is 10.2 Å². The van der Waals surface area contributed by atoms with E-state index in [2.05, 4.69) is 23.6 Å². The second-order valence-electron chi connectivity index (χ2n) is 5.08. The Labute approximate surface area is 115 Å². The number of benzene rings is 1. The highest BCUT2D eigenvalue weighted by Crippen LogP contribution is 2.27. The first-order valence-corrected chi connectivity index (χ1v) is 7.00. The van der Waals surface area contributed by atoms with Crippen LogP contribution in [0.3, 0.4) is 0 Å². The number of hydrogen-bond acceptors (Lipinski definition) is 2. The van der Waals surface area contributed by atoms with Gasteiger partial charge in [0.15, 0.2) is 0 Å². The first kappa shape index (κ1) is 13.9. The number of nitrogens with one attached hydrogen (secondary N) is 2. The summed E-state index contributed by atoms with van der Waals surface area (Å²) in [5.41, 5.74) is 2.04. The first-order chi connectivity index (χ1) is 9.15. The molecule has 1 aliphatic carbocycles. The number of rotatable bonds is 5. The van der Waals surface area contributed by atoms with E-state index in [1.54, 1.807) is 0 Å². The molecule has 1 aromatic rings. The SMILES string of the molecule is CCN(C(=O)Nc1cccc(C(C)NC)c1)C1CC1. The lowest BCUT2D eigenvalue weighted by Crippen LogP contribution is -2.36. The van der Waals surface area contributed by atoms with E-state index in [1.807, 2.05) is 37.1 Å². The van der Waals surface area contributed by atoms with Crippen LogP contribution in [-0.4, -0.2) is 30.6 Å². The van der Waals surface area contributed by atoms with Crippen molar-refractivity contribution in [2.45, 2.75) is 38.8 Å². The minimum absolute atomic E-state index is 0.0132. The number of nitrogens with zero attached hydrogens (tertiary/aromatic N) is 1. The number of carbonyl (C=O) groups is 1. The van der Waals surface area contributed by atoms with Crippen LogP contribution >= 0.6 is 0 Å². The van der Waals surface area contributed by atoms with Gasteiger partial charge >= 0.3 is 6.03 Å². The maximum Gasteiger partial charge on any atom is 0.322 e. The van der Waals surface area contributed by atoms with Crippen molar-refractivity contribution in [1.29, 1.82) is 0 Å². The van der Waals surface area contributed by atoms with Crippen LogP contribution in [0, 0.1) is 0 Å². The third-order valence-corrected chi connectivity index (χ3v) is 3.66. The van der Waals surface area contributed by atoms with Gasteiger partial charge in [0, 0.05) is 24.3 Å². The summed E-state index contributed by atoms with van der Waals surface area (Å²) in [5, 5.41) is 6.19. The molecule has 0 aromatic heterocycles. The predicted molar refractivity (Wildman–Crippen MR) is 78.3 cm³/mol. The molecule has 104 valence electrons. The summed E-state index contributed by atoms with van der Waals surface area (Å²) in [6.45, 7) is 4.89. The topological polar surface area (TPSA) is 44.4 Å². The molecule has 4 heteroatoms. The zero-order chi connectivity index (χ0) is 13.8. The largest absolute Gasteiger partial charge is 0.322 e. The van der Waals surface area contributed by atoms with Gasteiger partial charge in [-0.05, 0) is 51.4 Å². The summed E-state index contributed by atoms with van der Waals surface area (Å²) in [4.78, 5) is 14.1. The molecule has 2 rings (SSSR count). The maximum absolute atomic E-state index is 12.2. The van der Waals surface area contributed by atoms with Crippen LogP contribution in [0.1, 0.15) is 38.3 Å². The van der Waals surface area contributed by atoms with E-state index in [9.17, 15) is 4.79 Å². The third-order valence-electron chi connectivity index (χ3n) is 3.66. The fourth-order valence-electron chi connectivity index (χ4n) is 2.20. The molecule has 0 spiro atoms. The molecular weight excluding hydrogens is 238 g/mol. The van der Waals surface area contributed by atoms with Crippen LogP contribution in [0.4, 0.5) is 10.5 Å². The van der Waals surface area contributed by atoms with Gasteiger partial charge in [0.2, 0.25) is 0 Å². The number of hydrogen-bond donors (Lipinski definition) is 2. The molecule has 0 heterocycles. The third kappa shape index (κ3) is 3.47. The predicted octanol–water partition coefficient (Wildman–Crippen LogP) is 2.98. The summed E-state index contributed by atoms with van der Waals surface area (Å²) in [7, 11) is 1.93. The molecule has 2 amide bonds. The zero-order valence-corrected chi connectivity index (χ0v) is 11.9. The second-order valence-corrected chi connectivity index (χ2v) is 5.08. The fourth-order valence-corrected chi connectivity index (χ4v) is 2.20. The summed E-state index contributed by atoms with van der Waals surface area (Å²) < 4.78 is 0. The molecule has 1 fully saturated rings. The molecule has 0 radical (unpaired) electrons. The molecule has 1 saturated carbocycles. The van der Waals surface area contributed by atoms with E-state index in [0.717, 1.165) is 25.1 Å². The number of carbonyl (C=O) groups excluding carboxylic acids is 1. The Hall–Kier alpha value is -1.55. The zero-order valence-electron chi connectivity index (χ0n) is 11.9. The van der Waals surface area contributed by atoms with Crippen molar-refractivity contribution < 1.29 is 4.79 Å². The number of urea groups is 1. The Morgan fingerprint density at radius 2 is 2.21 bits per heavy atom. The lowest BCUT2D eigenvalue weighted by Gasteiger charge is -2.21. The van der Waals surface area contributed by atoms with E-state index in [-0.39, 0.29) is 12.1 Å². The Bertz CT molecular complexity index is 443. The van der Waals surface area contributed by atoms with Crippen molar-refractivity contribution in [2.75, 3.05) is 18.9 Å². The summed E-state index contributed by atoms with van der Waals surface area (Å²) in [6.07, 6.45) is 2.27. The monoisotopic (exact) mass is 261 g/mol.